The molecule has 0 atom stereocenters. The average molecular weight is 418 g/mol. The minimum Gasteiger partial charge on any atom is -0.316 e. The third-order valence-electron chi connectivity index (χ3n) is 5.51. The maximum absolute atomic E-state index is 12.8. The van der Waals surface area contributed by atoms with Gasteiger partial charge in [0.2, 0.25) is 15.9 Å². The van der Waals surface area contributed by atoms with E-state index < -0.39 is 10.0 Å². The molecule has 6 nitrogen and oxygen atoms in total. The van der Waals surface area contributed by atoms with E-state index in [-0.39, 0.29) is 5.91 Å². The molecule has 2 aliphatic rings. The fourth-order valence-corrected chi connectivity index (χ4v) is 5.01. The van der Waals surface area contributed by atoms with Crippen molar-refractivity contribution in [3.05, 3.63) is 53.1 Å². The number of carbonyl (C=O) groups excluding carboxylic acids is 1. The zero-order chi connectivity index (χ0) is 20.7. The van der Waals surface area contributed by atoms with Gasteiger partial charge in [-0.15, -0.1) is 0 Å². The van der Waals surface area contributed by atoms with Crippen molar-refractivity contribution in [3.8, 4) is 0 Å². The molecule has 1 fully saturated rings. The average Bonchev–Trinajstić information content (AvgIpc) is 2.75. The maximum atomic E-state index is 12.8. The minimum atomic E-state index is -3.45. The SMILES string of the molecule is CCN(C(=O)CN1CCN(S(=O)(=O)C=Cc2ccccc2)CC1)C1=CCCCC1. The van der Waals surface area contributed by atoms with Crippen LogP contribution in [0.4, 0.5) is 0 Å². The number of amides is 1. The van der Waals surface area contributed by atoms with Crippen LogP contribution in [0.1, 0.15) is 38.2 Å². The topological polar surface area (TPSA) is 60.9 Å². The molecule has 1 amide bonds. The molecule has 158 valence electrons. The van der Waals surface area contributed by atoms with E-state index in [2.05, 4.69) is 11.0 Å². The van der Waals surface area contributed by atoms with Crippen molar-refractivity contribution in [2.24, 2.45) is 0 Å². The highest BCUT2D eigenvalue weighted by Crippen LogP contribution is 2.21. The van der Waals surface area contributed by atoms with Gasteiger partial charge in [0.15, 0.2) is 0 Å². The molecule has 0 N–H and O–H groups in total. The predicted octanol–water partition coefficient (Wildman–Crippen LogP) is 2.91. The number of nitrogens with zero attached hydrogens (tertiary/aromatic N) is 3. The quantitative estimate of drug-likeness (QED) is 0.684. The maximum Gasteiger partial charge on any atom is 0.240 e. The van der Waals surface area contributed by atoms with E-state index in [0.29, 0.717) is 39.3 Å². The molecular weight excluding hydrogens is 386 g/mol. The summed E-state index contributed by atoms with van der Waals surface area (Å²) in [5.41, 5.74) is 2.01. The van der Waals surface area contributed by atoms with Gasteiger partial charge in [-0.1, -0.05) is 36.4 Å². The van der Waals surface area contributed by atoms with Crippen molar-refractivity contribution in [3.63, 3.8) is 0 Å². The molecule has 0 unspecified atom stereocenters. The molecule has 1 aliphatic carbocycles. The number of hydrogen-bond donors (Lipinski definition) is 0. The lowest BCUT2D eigenvalue weighted by atomic mass is 10.0. The Balaban J connectivity index is 1.52. The van der Waals surface area contributed by atoms with Crippen molar-refractivity contribution in [1.82, 2.24) is 14.1 Å². The molecule has 7 heteroatoms. The molecule has 0 spiro atoms. The Morgan fingerprint density at radius 2 is 1.83 bits per heavy atom. The molecule has 0 bridgehead atoms. The number of piperazine rings is 1. The summed E-state index contributed by atoms with van der Waals surface area (Å²) in [6.07, 6.45) is 8.18. The molecule has 1 aromatic carbocycles. The van der Waals surface area contributed by atoms with Gasteiger partial charge in [-0.2, -0.15) is 4.31 Å². The van der Waals surface area contributed by atoms with Gasteiger partial charge in [0.1, 0.15) is 0 Å². The molecule has 29 heavy (non-hydrogen) atoms. The van der Waals surface area contributed by atoms with Gasteiger partial charge in [0.05, 0.1) is 6.54 Å². The molecule has 0 radical (unpaired) electrons. The van der Waals surface area contributed by atoms with Crippen LogP contribution < -0.4 is 0 Å². The summed E-state index contributed by atoms with van der Waals surface area (Å²) < 4.78 is 26.7. The Morgan fingerprint density at radius 3 is 2.45 bits per heavy atom. The number of benzene rings is 1. The van der Waals surface area contributed by atoms with Crippen molar-refractivity contribution in [1.29, 1.82) is 0 Å². The molecule has 1 heterocycles. The van der Waals surface area contributed by atoms with Crippen LogP contribution in [0.2, 0.25) is 0 Å². The lowest BCUT2D eigenvalue weighted by Gasteiger charge is -2.34. The highest BCUT2D eigenvalue weighted by atomic mass is 32.2. The largest absolute Gasteiger partial charge is 0.316 e. The fourth-order valence-electron chi connectivity index (χ4n) is 3.84. The van der Waals surface area contributed by atoms with Crippen molar-refractivity contribution < 1.29 is 13.2 Å². The summed E-state index contributed by atoms with van der Waals surface area (Å²) in [5, 5.41) is 1.28. The third-order valence-corrected chi connectivity index (χ3v) is 7.08. The fraction of sp³-hybridized carbons (Fsp3) is 0.500. The second kappa shape index (κ2) is 10.2. The van der Waals surface area contributed by atoms with Crippen LogP contribution in [-0.4, -0.2) is 67.7 Å². The van der Waals surface area contributed by atoms with Crippen molar-refractivity contribution in [2.45, 2.75) is 32.6 Å². The van der Waals surface area contributed by atoms with Crippen LogP contribution in [0.5, 0.6) is 0 Å². The Kier molecular flexibility index (Phi) is 7.64. The number of rotatable bonds is 7. The number of sulfonamides is 1. The molecular formula is C22H31N3O3S. The number of likely N-dealkylation sites (N-methyl/N-ethyl adjacent to an activating group) is 1. The van der Waals surface area contributed by atoms with Gasteiger partial charge in [0.25, 0.3) is 0 Å². The molecule has 0 aromatic heterocycles. The van der Waals surface area contributed by atoms with Crippen LogP contribution in [0.25, 0.3) is 6.08 Å². The molecule has 1 aromatic rings. The highest BCUT2D eigenvalue weighted by Gasteiger charge is 2.27. The monoisotopic (exact) mass is 417 g/mol. The van der Waals surface area contributed by atoms with E-state index in [1.807, 2.05) is 42.2 Å². The Labute approximate surface area is 174 Å². The summed E-state index contributed by atoms with van der Waals surface area (Å²) in [4.78, 5) is 16.7. The van der Waals surface area contributed by atoms with Crippen LogP contribution >= 0.6 is 0 Å². The Bertz CT molecular complexity index is 841. The van der Waals surface area contributed by atoms with Gasteiger partial charge in [-0.05, 0) is 44.2 Å². The van der Waals surface area contributed by atoms with Crippen LogP contribution in [0.3, 0.4) is 0 Å². The first-order valence-corrected chi connectivity index (χ1v) is 11.9. The normalized spacial score (nSPS) is 19.3. The third kappa shape index (κ3) is 6.01. The summed E-state index contributed by atoms with van der Waals surface area (Å²) in [6, 6.07) is 9.40. The summed E-state index contributed by atoms with van der Waals surface area (Å²) in [6.45, 7) is 4.99. The van der Waals surface area contributed by atoms with Gasteiger partial charge in [0, 0.05) is 43.8 Å². The van der Waals surface area contributed by atoms with Crippen molar-refractivity contribution in [2.75, 3.05) is 39.3 Å². The summed E-state index contributed by atoms with van der Waals surface area (Å²) >= 11 is 0. The summed E-state index contributed by atoms with van der Waals surface area (Å²) in [5.74, 6) is 0.112. The predicted molar refractivity (Wildman–Crippen MR) is 116 cm³/mol. The van der Waals surface area contributed by atoms with E-state index in [1.165, 1.54) is 16.1 Å². The molecule has 1 saturated heterocycles. The van der Waals surface area contributed by atoms with Crippen LogP contribution in [0.15, 0.2) is 47.5 Å². The summed E-state index contributed by atoms with van der Waals surface area (Å²) in [7, 11) is -3.45. The number of hydrogen-bond acceptors (Lipinski definition) is 4. The Morgan fingerprint density at radius 1 is 1.10 bits per heavy atom. The lowest BCUT2D eigenvalue weighted by molar-refractivity contribution is -0.130. The molecule has 0 saturated carbocycles. The lowest BCUT2D eigenvalue weighted by Crippen LogP contribution is -2.51. The van der Waals surface area contributed by atoms with Crippen molar-refractivity contribution >= 4 is 22.0 Å². The van der Waals surface area contributed by atoms with Gasteiger partial charge < -0.3 is 4.90 Å². The second-order valence-electron chi connectivity index (χ2n) is 7.51. The van der Waals surface area contributed by atoms with E-state index in [0.717, 1.165) is 30.5 Å². The van der Waals surface area contributed by atoms with Crippen LogP contribution in [0, 0.1) is 0 Å². The molecule has 1 aliphatic heterocycles. The first kappa shape index (κ1) is 21.7. The molecule has 3 rings (SSSR count). The van der Waals surface area contributed by atoms with E-state index in [4.69, 9.17) is 0 Å². The van der Waals surface area contributed by atoms with E-state index in [1.54, 1.807) is 6.08 Å². The van der Waals surface area contributed by atoms with Crippen LogP contribution in [-0.2, 0) is 14.8 Å². The Hall–Kier alpha value is -1.96. The highest BCUT2D eigenvalue weighted by molar-refractivity contribution is 7.92. The second-order valence-corrected chi connectivity index (χ2v) is 9.33. The van der Waals surface area contributed by atoms with Gasteiger partial charge in [-0.3, -0.25) is 9.69 Å². The standard InChI is InChI=1S/C22H31N3O3S/c1-2-25(21-11-7-4-8-12-21)22(26)19-23-14-16-24(17-15-23)29(27,28)18-13-20-9-5-3-6-10-20/h3,5-6,9-11,13,18H,2,4,7-8,12,14-17,19H2,1H3. The first-order valence-electron chi connectivity index (χ1n) is 10.4. The number of allylic oxidation sites excluding steroid dienone is 2. The van der Waals surface area contributed by atoms with Gasteiger partial charge >= 0.3 is 0 Å². The minimum absolute atomic E-state index is 0.112. The van der Waals surface area contributed by atoms with Gasteiger partial charge in [-0.25, -0.2) is 8.42 Å². The smallest absolute Gasteiger partial charge is 0.240 e. The number of carbonyl (C=O) groups is 1. The van der Waals surface area contributed by atoms with E-state index >= 15 is 0 Å². The first-order chi connectivity index (χ1) is 14.0. The zero-order valence-corrected chi connectivity index (χ0v) is 18.0. The zero-order valence-electron chi connectivity index (χ0n) is 17.2. The van der Waals surface area contributed by atoms with E-state index in [9.17, 15) is 13.2 Å².